The molecule has 4 heteroatoms. The van der Waals surface area contributed by atoms with E-state index in [9.17, 15) is 4.79 Å². The zero-order chi connectivity index (χ0) is 7.56. The largest absolute Gasteiger partial charge is 0.358 e. The van der Waals surface area contributed by atoms with E-state index in [2.05, 4.69) is 5.32 Å². The van der Waals surface area contributed by atoms with Crippen LogP contribution in [-0.2, 0) is 4.79 Å². The number of amides is 1. The van der Waals surface area contributed by atoms with Gasteiger partial charge in [-0.1, -0.05) is 0 Å². The highest BCUT2D eigenvalue weighted by Crippen LogP contribution is 2.02. The lowest BCUT2D eigenvalue weighted by Crippen LogP contribution is -2.57. The van der Waals surface area contributed by atoms with Crippen molar-refractivity contribution >= 4 is 5.91 Å². The van der Waals surface area contributed by atoms with Gasteiger partial charge in [0.15, 0.2) is 0 Å². The molecule has 0 aromatic rings. The van der Waals surface area contributed by atoms with Crippen LogP contribution < -0.4 is 11.1 Å². The molecule has 1 saturated heterocycles. The molecular weight excluding hydrogens is 130 g/mol. The number of nitrogens with one attached hydrogen (secondary N) is 1. The summed E-state index contributed by atoms with van der Waals surface area (Å²) in [6.45, 7) is 2.20. The zero-order valence-electron chi connectivity index (χ0n) is 6.13. The molecule has 0 aromatic heterocycles. The van der Waals surface area contributed by atoms with Gasteiger partial charge in [0.05, 0.1) is 6.54 Å². The third kappa shape index (κ3) is 1.68. The first-order chi connectivity index (χ1) is 4.72. The van der Waals surface area contributed by atoms with Crippen molar-refractivity contribution in [3.63, 3.8) is 0 Å². The first-order valence-electron chi connectivity index (χ1n) is 3.41. The minimum Gasteiger partial charge on any atom is -0.358 e. The molecule has 0 spiro atoms. The maximum absolute atomic E-state index is 10.7. The Morgan fingerprint density at radius 1 is 1.80 bits per heavy atom. The average Bonchev–Trinajstić information content (AvgIpc) is 1.84. The number of likely N-dealkylation sites (tertiary alicyclic amines) is 1. The average molecular weight is 143 g/mol. The Morgan fingerprint density at radius 3 is 2.80 bits per heavy atom. The highest BCUT2D eigenvalue weighted by Gasteiger charge is 2.23. The lowest BCUT2D eigenvalue weighted by Gasteiger charge is -2.35. The summed E-state index contributed by atoms with van der Waals surface area (Å²) >= 11 is 0. The molecule has 0 bridgehead atoms. The van der Waals surface area contributed by atoms with Crippen molar-refractivity contribution in [2.24, 2.45) is 5.73 Å². The van der Waals surface area contributed by atoms with Crippen molar-refractivity contribution in [1.82, 2.24) is 10.2 Å². The molecular formula is C6H13N3O. The molecule has 0 aliphatic carbocycles. The van der Waals surface area contributed by atoms with Crippen LogP contribution in [-0.4, -0.2) is 43.5 Å². The molecule has 0 atom stereocenters. The second-order valence-corrected chi connectivity index (χ2v) is 2.63. The summed E-state index contributed by atoms with van der Waals surface area (Å²) in [7, 11) is 1.64. The topological polar surface area (TPSA) is 58.4 Å². The van der Waals surface area contributed by atoms with Crippen molar-refractivity contribution in [2.75, 3.05) is 26.7 Å². The third-order valence-corrected chi connectivity index (χ3v) is 1.63. The van der Waals surface area contributed by atoms with Crippen LogP contribution in [0.1, 0.15) is 0 Å². The van der Waals surface area contributed by atoms with Gasteiger partial charge in [-0.3, -0.25) is 9.69 Å². The normalized spacial score (nSPS) is 20.2. The minimum absolute atomic E-state index is 0.0619. The van der Waals surface area contributed by atoms with Gasteiger partial charge in [-0.2, -0.15) is 0 Å². The van der Waals surface area contributed by atoms with Gasteiger partial charge in [0.25, 0.3) is 0 Å². The van der Waals surface area contributed by atoms with Gasteiger partial charge in [-0.15, -0.1) is 0 Å². The molecule has 1 rings (SSSR count). The second-order valence-electron chi connectivity index (χ2n) is 2.63. The monoisotopic (exact) mass is 143 g/mol. The van der Waals surface area contributed by atoms with E-state index in [4.69, 9.17) is 5.73 Å². The van der Waals surface area contributed by atoms with Crippen LogP contribution in [0.25, 0.3) is 0 Å². The molecule has 0 unspecified atom stereocenters. The van der Waals surface area contributed by atoms with Crippen LogP contribution in [0.5, 0.6) is 0 Å². The lowest BCUT2D eigenvalue weighted by molar-refractivity contribution is -0.122. The van der Waals surface area contributed by atoms with E-state index in [1.807, 2.05) is 4.90 Å². The summed E-state index contributed by atoms with van der Waals surface area (Å²) in [6.07, 6.45) is 0. The van der Waals surface area contributed by atoms with Crippen molar-refractivity contribution in [3.8, 4) is 0 Å². The maximum Gasteiger partial charge on any atom is 0.233 e. The van der Waals surface area contributed by atoms with E-state index >= 15 is 0 Å². The number of hydrogen-bond donors (Lipinski definition) is 2. The van der Waals surface area contributed by atoms with E-state index in [1.54, 1.807) is 7.05 Å². The minimum atomic E-state index is 0.0619. The van der Waals surface area contributed by atoms with Gasteiger partial charge in [0.1, 0.15) is 0 Å². The van der Waals surface area contributed by atoms with Crippen LogP contribution in [0.2, 0.25) is 0 Å². The smallest absolute Gasteiger partial charge is 0.233 e. The first kappa shape index (κ1) is 7.50. The number of hydrogen-bond acceptors (Lipinski definition) is 3. The molecule has 58 valence electrons. The molecule has 10 heavy (non-hydrogen) atoms. The Bertz CT molecular complexity index is 131. The van der Waals surface area contributed by atoms with Gasteiger partial charge < -0.3 is 11.1 Å². The van der Waals surface area contributed by atoms with Crippen LogP contribution in [0.15, 0.2) is 0 Å². The molecule has 1 heterocycles. The molecule has 0 radical (unpaired) electrons. The predicted molar refractivity (Wildman–Crippen MR) is 38.5 cm³/mol. The Morgan fingerprint density at radius 2 is 2.40 bits per heavy atom. The first-order valence-corrected chi connectivity index (χ1v) is 3.41. The Hall–Kier alpha value is -0.610. The summed E-state index contributed by atoms with van der Waals surface area (Å²) in [4.78, 5) is 12.7. The molecule has 1 aliphatic heterocycles. The quantitative estimate of drug-likeness (QED) is 0.488. The Balaban J connectivity index is 2.10. The number of carbonyl (C=O) groups excluding carboxylic acids is 1. The van der Waals surface area contributed by atoms with Crippen LogP contribution >= 0.6 is 0 Å². The van der Waals surface area contributed by atoms with E-state index in [0.717, 1.165) is 13.1 Å². The summed E-state index contributed by atoms with van der Waals surface area (Å²) in [5.74, 6) is 0.0619. The van der Waals surface area contributed by atoms with Gasteiger partial charge in [-0.25, -0.2) is 0 Å². The van der Waals surface area contributed by atoms with E-state index < -0.39 is 0 Å². The SMILES string of the molecule is CNC(=O)CN1CC(N)C1. The van der Waals surface area contributed by atoms with E-state index in [1.165, 1.54) is 0 Å². The van der Waals surface area contributed by atoms with Crippen molar-refractivity contribution in [3.05, 3.63) is 0 Å². The third-order valence-electron chi connectivity index (χ3n) is 1.63. The lowest BCUT2D eigenvalue weighted by atomic mass is 10.1. The van der Waals surface area contributed by atoms with Crippen molar-refractivity contribution < 1.29 is 4.79 Å². The van der Waals surface area contributed by atoms with Gasteiger partial charge in [0, 0.05) is 26.2 Å². The van der Waals surface area contributed by atoms with Gasteiger partial charge in [0.2, 0.25) is 5.91 Å². The van der Waals surface area contributed by atoms with Crippen molar-refractivity contribution in [2.45, 2.75) is 6.04 Å². The number of nitrogens with zero attached hydrogens (tertiary/aromatic N) is 1. The highest BCUT2D eigenvalue weighted by atomic mass is 16.1. The molecule has 1 amide bonds. The second kappa shape index (κ2) is 2.98. The molecule has 4 nitrogen and oxygen atoms in total. The van der Waals surface area contributed by atoms with Crippen LogP contribution in [0, 0.1) is 0 Å². The van der Waals surface area contributed by atoms with Crippen LogP contribution in [0.3, 0.4) is 0 Å². The van der Waals surface area contributed by atoms with Crippen LogP contribution in [0.4, 0.5) is 0 Å². The fraction of sp³-hybridized carbons (Fsp3) is 0.833. The van der Waals surface area contributed by atoms with Crippen molar-refractivity contribution in [1.29, 1.82) is 0 Å². The molecule has 3 N–H and O–H groups in total. The van der Waals surface area contributed by atoms with Gasteiger partial charge in [-0.05, 0) is 0 Å². The summed E-state index contributed by atoms with van der Waals surface area (Å²) < 4.78 is 0. The van der Waals surface area contributed by atoms with Gasteiger partial charge >= 0.3 is 0 Å². The standard InChI is InChI=1S/C6H13N3O/c1-8-6(10)4-9-2-5(7)3-9/h5H,2-4,7H2,1H3,(H,8,10). The number of carbonyl (C=O) groups is 1. The fourth-order valence-corrected chi connectivity index (χ4v) is 1.02. The molecule has 1 aliphatic rings. The van der Waals surface area contributed by atoms with E-state index in [0.29, 0.717) is 6.54 Å². The summed E-state index contributed by atoms with van der Waals surface area (Å²) in [5, 5.41) is 2.56. The fourth-order valence-electron chi connectivity index (χ4n) is 1.02. The number of nitrogens with two attached hydrogens (primary N) is 1. The highest BCUT2D eigenvalue weighted by molar-refractivity contribution is 5.77. The zero-order valence-corrected chi connectivity index (χ0v) is 6.13. The van der Waals surface area contributed by atoms with E-state index in [-0.39, 0.29) is 11.9 Å². The predicted octanol–water partition coefficient (Wildman–Crippen LogP) is -1.62. The molecule has 0 saturated carbocycles. The summed E-state index contributed by atoms with van der Waals surface area (Å²) in [5.41, 5.74) is 5.51. The Labute approximate surface area is 60.4 Å². The number of likely N-dealkylation sites (N-methyl/N-ethyl adjacent to an activating group) is 1. The summed E-state index contributed by atoms with van der Waals surface area (Å²) in [6, 6.07) is 0.282. The number of rotatable bonds is 2. The molecule has 0 aromatic carbocycles. The molecule has 1 fully saturated rings. The maximum atomic E-state index is 10.7. The Kier molecular flexibility index (Phi) is 2.24.